The fraction of sp³-hybridized carbons (Fsp3) is 0.444. The molecule has 2 amide bonds. The van der Waals surface area contributed by atoms with Crippen molar-refractivity contribution in [1.82, 2.24) is 20.4 Å². The van der Waals surface area contributed by atoms with Gasteiger partial charge in [-0.3, -0.25) is 4.68 Å². The summed E-state index contributed by atoms with van der Waals surface area (Å²) in [5, 5.41) is 9.98. The fourth-order valence-electron chi connectivity index (χ4n) is 3.31. The van der Waals surface area contributed by atoms with Crippen molar-refractivity contribution in [3.63, 3.8) is 0 Å². The molecule has 1 aliphatic rings. The van der Waals surface area contributed by atoms with Crippen LogP contribution in [0.25, 0.3) is 0 Å². The predicted molar refractivity (Wildman–Crippen MR) is 90.1 cm³/mol. The van der Waals surface area contributed by atoms with Gasteiger partial charge in [0, 0.05) is 19.8 Å². The Bertz CT molecular complexity index is 728. The zero-order valence-electron chi connectivity index (χ0n) is 14.1. The maximum absolute atomic E-state index is 14.0. The van der Waals surface area contributed by atoms with E-state index in [0.29, 0.717) is 6.54 Å². The van der Waals surface area contributed by atoms with Crippen LogP contribution in [0.1, 0.15) is 36.1 Å². The molecule has 0 radical (unpaired) electrons. The smallest absolute Gasteiger partial charge is 0.315 e. The zero-order valence-corrected chi connectivity index (χ0v) is 14.1. The molecule has 0 saturated heterocycles. The third kappa shape index (κ3) is 3.58. The van der Waals surface area contributed by atoms with E-state index in [-0.39, 0.29) is 23.8 Å². The number of amides is 2. The van der Waals surface area contributed by atoms with E-state index in [4.69, 9.17) is 0 Å². The van der Waals surface area contributed by atoms with Crippen molar-refractivity contribution in [3.05, 3.63) is 53.1 Å². The van der Waals surface area contributed by atoms with E-state index >= 15 is 0 Å². The van der Waals surface area contributed by atoms with Crippen LogP contribution in [-0.4, -0.2) is 22.4 Å². The van der Waals surface area contributed by atoms with Crippen LogP contribution >= 0.6 is 0 Å². The lowest BCUT2D eigenvalue weighted by Gasteiger charge is -2.32. The first kappa shape index (κ1) is 16.5. The monoisotopic (exact) mass is 330 g/mol. The zero-order chi connectivity index (χ0) is 17.1. The molecule has 1 heterocycles. The standard InChI is InChI=1S/C18H23FN4O/c1-12-6-7-14-15(4-3-5-16(14)19)17(12)22-18(24)20-9-8-13-10-21-23(2)11-13/h3-5,10-12,17H,6-9H2,1-2H3,(H2,20,22,24). The lowest BCUT2D eigenvalue weighted by molar-refractivity contribution is 0.229. The number of fused-ring (bicyclic) bond motifs is 1. The number of hydrogen-bond donors (Lipinski definition) is 2. The molecule has 3 rings (SSSR count). The molecule has 24 heavy (non-hydrogen) atoms. The van der Waals surface area contributed by atoms with Gasteiger partial charge in [-0.1, -0.05) is 19.1 Å². The highest BCUT2D eigenvalue weighted by Crippen LogP contribution is 2.35. The molecule has 0 saturated carbocycles. The van der Waals surface area contributed by atoms with E-state index in [1.54, 1.807) is 16.9 Å². The summed E-state index contributed by atoms with van der Waals surface area (Å²) in [6, 6.07) is 4.74. The van der Waals surface area contributed by atoms with E-state index in [9.17, 15) is 9.18 Å². The van der Waals surface area contributed by atoms with Crippen molar-refractivity contribution >= 4 is 6.03 Å². The number of aromatic nitrogens is 2. The van der Waals surface area contributed by atoms with Gasteiger partial charge < -0.3 is 10.6 Å². The topological polar surface area (TPSA) is 59.0 Å². The highest BCUT2D eigenvalue weighted by atomic mass is 19.1. The van der Waals surface area contributed by atoms with Gasteiger partial charge in [-0.25, -0.2) is 9.18 Å². The van der Waals surface area contributed by atoms with Crippen LogP contribution in [0.15, 0.2) is 30.6 Å². The molecule has 0 bridgehead atoms. The van der Waals surface area contributed by atoms with Gasteiger partial charge in [-0.2, -0.15) is 5.10 Å². The van der Waals surface area contributed by atoms with Crippen molar-refractivity contribution in [2.45, 2.75) is 32.2 Å². The number of nitrogens with one attached hydrogen (secondary N) is 2. The number of hydrogen-bond acceptors (Lipinski definition) is 2. The van der Waals surface area contributed by atoms with E-state index in [1.165, 1.54) is 6.07 Å². The van der Waals surface area contributed by atoms with Crippen LogP contribution in [-0.2, 0) is 19.9 Å². The summed E-state index contributed by atoms with van der Waals surface area (Å²) in [7, 11) is 1.87. The van der Waals surface area contributed by atoms with Crippen LogP contribution < -0.4 is 10.6 Å². The predicted octanol–water partition coefficient (Wildman–Crippen LogP) is 2.72. The van der Waals surface area contributed by atoms with E-state index in [0.717, 1.165) is 36.0 Å². The average Bonchev–Trinajstić information content (AvgIpc) is 2.96. The average molecular weight is 330 g/mol. The highest BCUT2D eigenvalue weighted by Gasteiger charge is 2.29. The second kappa shape index (κ2) is 7.03. The quantitative estimate of drug-likeness (QED) is 0.905. The number of urea groups is 1. The summed E-state index contributed by atoms with van der Waals surface area (Å²) in [5.41, 5.74) is 2.71. The molecule has 0 aliphatic heterocycles. The maximum Gasteiger partial charge on any atom is 0.315 e. The molecule has 2 atom stereocenters. The number of nitrogens with zero attached hydrogens (tertiary/aromatic N) is 2. The SMILES string of the molecule is CC1CCc2c(F)cccc2C1NC(=O)NCCc1cnn(C)c1. The maximum atomic E-state index is 14.0. The number of rotatable bonds is 4. The van der Waals surface area contributed by atoms with Crippen molar-refractivity contribution in [2.24, 2.45) is 13.0 Å². The Balaban J connectivity index is 1.59. The molecule has 1 aromatic heterocycles. The summed E-state index contributed by atoms with van der Waals surface area (Å²) in [6.45, 7) is 2.63. The largest absolute Gasteiger partial charge is 0.338 e. The number of carbonyl (C=O) groups is 1. The lowest BCUT2D eigenvalue weighted by Crippen LogP contribution is -2.42. The Morgan fingerprint density at radius 1 is 1.46 bits per heavy atom. The number of halogens is 1. The van der Waals surface area contributed by atoms with Gasteiger partial charge in [0.25, 0.3) is 0 Å². The Morgan fingerprint density at radius 3 is 3.04 bits per heavy atom. The van der Waals surface area contributed by atoms with Crippen molar-refractivity contribution < 1.29 is 9.18 Å². The van der Waals surface area contributed by atoms with Crippen LogP contribution in [0.3, 0.4) is 0 Å². The Morgan fingerprint density at radius 2 is 2.29 bits per heavy atom. The normalized spacial score (nSPS) is 19.6. The van der Waals surface area contributed by atoms with Crippen molar-refractivity contribution in [1.29, 1.82) is 0 Å². The van der Waals surface area contributed by atoms with Crippen molar-refractivity contribution in [3.8, 4) is 0 Å². The first-order valence-electron chi connectivity index (χ1n) is 8.34. The Labute approximate surface area is 141 Å². The molecule has 2 unspecified atom stereocenters. The van der Waals surface area contributed by atoms with Crippen molar-refractivity contribution in [2.75, 3.05) is 6.54 Å². The minimum absolute atomic E-state index is 0.150. The molecule has 128 valence electrons. The van der Waals surface area contributed by atoms with Gasteiger partial charge in [0.15, 0.2) is 0 Å². The van der Waals surface area contributed by atoms with Crippen LogP contribution in [0.4, 0.5) is 9.18 Å². The first-order valence-corrected chi connectivity index (χ1v) is 8.34. The molecular weight excluding hydrogens is 307 g/mol. The lowest BCUT2D eigenvalue weighted by atomic mass is 9.80. The molecule has 0 fully saturated rings. The van der Waals surface area contributed by atoms with Gasteiger partial charge in [0.2, 0.25) is 0 Å². The summed E-state index contributed by atoms with van der Waals surface area (Å²) >= 11 is 0. The summed E-state index contributed by atoms with van der Waals surface area (Å²) in [6.07, 6.45) is 6.05. The van der Waals surface area contributed by atoms with Gasteiger partial charge in [0.1, 0.15) is 5.82 Å². The van der Waals surface area contributed by atoms with E-state index in [2.05, 4.69) is 22.7 Å². The minimum atomic E-state index is -0.215. The van der Waals surface area contributed by atoms with Gasteiger partial charge in [-0.15, -0.1) is 0 Å². The number of carbonyl (C=O) groups excluding carboxylic acids is 1. The molecule has 2 N–H and O–H groups in total. The van der Waals surface area contributed by atoms with Crippen LogP contribution in [0.2, 0.25) is 0 Å². The third-order valence-electron chi connectivity index (χ3n) is 4.65. The van der Waals surface area contributed by atoms with E-state index < -0.39 is 0 Å². The van der Waals surface area contributed by atoms with Gasteiger partial charge >= 0.3 is 6.03 Å². The molecular formula is C18H23FN4O. The highest BCUT2D eigenvalue weighted by molar-refractivity contribution is 5.74. The molecule has 2 aromatic rings. The summed E-state index contributed by atoms with van der Waals surface area (Å²) in [4.78, 5) is 12.2. The Kier molecular flexibility index (Phi) is 4.83. The second-order valence-corrected chi connectivity index (χ2v) is 6.47. The molecule has 1 aliphatic carbocycles. The number of aryl methyl sites for hydroxylation is 1. The summed E-state index contributed by atoms with van der Waals surface area (Å²) in [5.74, 6) is 0.103. The molecule has 1 aromatic carbocycles. The molecule has 6 heteroatoms. The number of benzene rings is 1. The molecule has 0 spiro atoms. The third-order valence-corrected chi connectivity index (χ3v) is 4.65. The fourth-order valence-corrected chi connectivity index (χ4v) is 3.31. The van der Waals surface area contributed by atoms with Crippen LogP contribution in [0.5, 0.6) is 0 Å². The van der Waals surface area contributed by atoms with Gasteiger partial charge in [0.05, 0.1) is 12.2 Å². The van der Waals surface area contributed by atoms with E-state index in [1.807, 2.05) is 19.3 Å². The van der Waals surface area contributed by atoms with Crippen LogP contribution in [0, 0.1) is 11.7 Å². The summed E-state index contributed by atoms with van der Waals surface area (Å²) < 4.78 is 15.7. The minimum Gasteiger partial charge on any atom is -0.338 e. The Hall–Kier alpha value is -2.37. The second-order valence-electron chi connectivity index (χ2n) is 6.47. The van der Waals surface area contributed by atoms with Gasteiger partial charge in [-0.05, 0) is 47.9 Å². The molecule has 5 nitrogen and oxygen atoms in total. The first-order chi connectivity index (χ1) is 11.5.